The van der Waals surface area contributed by atoms with Gasteiger partial charge in [0.05, 0.1) is 6.10 Å². The van der Waals surface area contributed by atoms with E-state index in [1.165, 1.54) is 19.3 Å². The molecule has 2 nitrogen and oxygen atoms in total. The van der Waals surface area contributed by atoms with E-state index >= 15 is 0 Å². The number of carbonyl (C=O) groups is 1. The lowest BCUT2D eigenvalue weighted by atomic mass is 9.82. The lowest BCUT2D eigenvalue weighted by Crippen LogP contribution is -2.24. The summed E-state index contributed by atoms with van der Waals surface area (Å²) in [5.41, 5.74) is 1.45. The van der Waals surface area contributed by atoms with Crippen LogP contribution in [0.5, 0.6) is 0 Å². The zero-order valence-electron chi connectivity index (χ0n) is 13.8. The van der Waals surface area contributed by atoms with Crippen LogP contribution in [0.1, 0.15) is 59.3 Å². The Hall–Kier alpha value is -1.15. The first-order valence-corrected chi connectivity index (χ1v) is 8.17. The summed E-state index contributed by atoms with van der Waals surface area (Å²) in [6.07, 6.45) is 12.0. The van der Waals surface area contributed by atoms with Crippen molar-refractivity contribution in [1.29, 1.82) is 0 Å². The molecule has 2 atom stereocenters. The van der Waals surface area contributed by atoms with Gasteiger partial charge in [0.1, 0.15) is 0 Å². The highest BCUT2D eigenvalue weighted by atomic mass is 16.3. The van der Waals surface area contributed by atoms with Gasteiger partial charge in [0.2, 0.25) is 0 Å². The summed E-state index contributed by atoms with van der Waals surface area (Å²) in [5, 5.41) is 10.0. The van der Waals surface area contributed by atoms with E-state index in [1.54, 1.807) is 6.92 Å². The molecule has 1 rings (SSSR count). The van der Waals surface area contributed by atoms with E-state index in [-0.39, 0.29) is 11.7 Å². The smallest absolute Gasteiger partial charge is 0.168 e. The van der Waals surface area contributed by atoms with E-state index in [1.807, 2.05) is 32.1 Å². The van der Waals surface area contributed by atoms with Gasteiger partial charge in [0, 0.05) is 11.5 Å². The molecule has 2 unspecified atom stereocenters. The molecule has 1 saturated carbocycles. The van der Waals surface area contributed by atoms with Crippen LogP contribution in [0.25, 0.3) is 0 Å². The quantitative estimate of drug-likeness (QED) is 0.549. The van der Waals surface area contributed by atoms with Crippen molar-refractivity contribution in [2.45, 2.75) is 65.4 Å². The number of hydrogen-bond acceptors (Lipinski definition) is 2. The minimum atomic E-state index is -0.702. The van der Waals surface area contributed by atoms with Gasteiger partial charge in [0.15, 0.2) is 5.78 Å². The molecule has 0 radical (unpaired) electrons. The Morgan fingerprint density at radius 3 is 2.43 bits per heavy atom. The van der Waals surface area contributed by atoms with Crippen LogP contribution in [0, 0.1) is 11.8 Å². The summed E-state index contributed by atoms with van der Waals surface area (Å²) in [5.74, 6) is 0.270. The lowest BCUT2D eigenvalue weighted by Gasteiger charge is -2.23. The van der Waals surface area contributed by atoms with Crippen molar-refractivity contribution in [2.75, 3.05) is 0 Å². The molecule has 1 aliphatic carbocycles. The maximum Gasteiger partial charge on any atom is 0.168 e. The van der Waals surface area contributed by atoms with Crippen LogP contribution < -0.4 is 0 Å². The fourth-order valence-corrected chi connectivity index (χ4v) is 2.99. The van der Waals surface area contributed by atoms with Gasteiger partial charge >= 0.3 is 0 Å². The van der Waals surface area contributed by atoms with Crippen molar-refractivity contribution < 1.29 is 9.90 Å². The molecule has 0 saturated heterocycles. The zero-order chi connectivity index (χ0) is 15.8. The number of aliphatic hydroxyl groups excluding tert-OH is 1. The second-order valence-electron chi connectivity index (χ2n) is 6.26. The minimum absolute atomic E-state index is 0.0428. The van der Waals surface area contributed by atoms with Crippen LogP contribution in [-0.2, 0) is 4.79 Å². The first-order chi connectivity index (χ1) is 9.97. The van der Waals surface area contributed by atoms with E-state index in [2.05, 4.69) is 6.58 Å². The van der Waals surface area contributed by atoms with Crippen LogP contribution in [-0.4, -0.2) is 17.0 Å². The third-order valence-electron chi connectivity index (χ3n) is 4.32. The second kappa shape index (κ2) is 8.99. The van der Waals surface area contributed by atoms with Crippen LogP contribution in [0.2, 0.25) is 0 Å². The fraction of sp³-hybridized carbons (Fsp3) is 0.632. The predicted molar refractivity (Wildman–Crippen MR) is 89.1 cm³/mol. The van der Waals surface area contributed by atoms with Gasteiger partial charge in [-0.1, -0.05) is 49.6 Å². The van der Waals surface area contributed by atoms with Gasteiger partial charge in [-0.2, -0.15) is 0 Å². The van der Waals surface area contributed by atoms with E-state index in [0.29, 0.717) is 17.9 Å². The Kier molecular flexibility index (Phi) is 7.66. The van der Waals surface area contributed by atoms with Crippen LogP contribution in [0.4, 0.5) is 0 Å². The number of carbonyl (C=O) groups excluding carboxylic acids is 1. The number of allylic oxidation sites excluding steroid dienone is 4. The van der Waals surface area contributed by atoms with Crippen molar-refractivity contribution in [3.05, 3.63) is 36.0 Å². The third-order valence-corrected chi connectivity index (χ3v) is 4.32. The standard InChI is InChI=1S/C19H30O2/c1-5-6-12-17(14(2)3)19(21)18(15(4)20)13-16-10-8-7-9-11-16/h5-6,13,15-17,20H,2,7-12H2,1,3-4H3/b6-5-,18-13+. The number of rotatable bonds is 7. The summed E-state index contributed by atoms with van der Waals surface area (Å²) < 4.78 is 0. The van der Waals surface area contributed by atoms with Gasteiger partial charge in [-0.3, -0.25) is 4.79 Å². The molecule has 2 heteroatoms. The molecule has 118 valence electrons. The maximum absolute atomic E-state index is 12.8. The molecule has 0 bridgehead atoms. The highest BCUT2D eigenvalue weighted by molar-refractivity contribution is 5.99. The lowest BCUT2D eigenvalue weighted by molar-refractivity contribution is -0.119. The molecule has 1 fully saturated rings. The molecule has 1 N–H and O–H groups in total. The van der Waals surface area contributed by atoms with Crippen LogP contribution >= 0.6 is 0 Å². The van der Waals surface area contributed by atoms with Gasteiger partial charge in [-0.15, -0.1) is 0 Å². The Morgan fingerprint density at radius 1 is 1.33 bits per heavy atom. The van der Waals surface area contributed by atoms with Gasteiger partial charge < -0.3 is 5.11 Å². The van der Waals surface area contributed by atoms with Crippen LogP contribution in [0.3, 0.4) is 0 Å². The third kappa shape index (κ3) is 5.62. The molecule has 0 aromatic rings. The van der Waals surface area contributed by atoms with Gasteiger partial charge in [-0.25, -0.2) is 0 Å². The van der Waals surface area contributed by atoms with E-state index in [0.717, 1.165) is 18.4 Å². The highest BCUT2D eigenvalue weighted by Gasteiger charge is 2.25. The molecule has 0 aromatic heterocycles. The normalized spacial score (nSPS) is 20.5. The summed E-state index contributed by atoms with van der Waals surface area (Å²) in [6, 6.07) is 0. The first-order valence-electron chi connectivity index (χ1n) is 8.17. The predicted octanol–water partition coefficient (Wildman–Crippen LogP) is 4.60. The molecule has 0 heterocycles. The molecular formula is C19H30O2. The first kappa shape index (κ1) is 17.9. The van der Waals surface area contributed by atoms with Gasteiger partial charge in [-0.05, 0) is 46.0 Å². The Bertz CT molecular complexity index is 409. The van der Waals surface area contributed by atoms with Gasteiger partial charge in [0.25, 0.3) is 0 Å². The second-order valence-corrected chi connectivity index (χ2v) is 6.26. The summed E-state index contributed by atoms with van der Waals surface area (Å²) in [4.78, 5) is 12.8. The van der Waals surface area contributed by atoms with Crippen molar-refractivity contribution in [3.63, 3.8) is 0 Å². The monoisotopic (exact) mass is 290 g/mol. The van der Waals surface area contributed by atoms with E-state index in [4.69, 9.17) is 0 Å². The minimum Gasteiger partial charge on any atom is -0.389 e. The number of Topliss-reactive ketones (excluding diaryl/α,β-unsaturated/α-hetero) is 1. The fourth-order valence-electron chi connectivity index (χ4n) is 2.99. The van der Waals surface area contributed by atoms with Crippen LogP contribution in [0.15, 0.2) is 36.0 Å². The van der Waals surface area contributed by atoms with E-state index < -0.39 is 6.10 Å². The molecule has 0 spiro atoms. The van der Waals surface area contributed by atoms with Crippen molar-refractivity contribution in [3.8, 4) is 0 Å². The molecule has 0 aliphatic heterocycles. The Morgan fingerprint density at radius 2 is 1.95 bits per heavy atom. The largest absolute Gasteiger partial charge is 0.389 e. The number of aliphatic hydroxyl groups is 1. The molecule has 1 aliphatic rings. The average Bonchev–Trinajstić information content (AvgIpc) is 2.45. The topological polar surface area (TPSA) is 37.3 Å². The summed E-state index contributed by atoms with van der Waals surface area (Å²) >= 11 is 0. The van der Waals surface area contributed by atoms with E-state index in [9.17, 15) is 9.90 Å². The SMILES string of the molecule is C=C(C)C(C/C=C\C)C(=O)/C(=C/C1CCCCC1)C(C)O. The van der Waals surface area contributed by atoms with Crippen molar-refractivity contribution in [1.82, 2.24) is 0 Å². The number of ketones is 1. The average molecular weight is 290 g/mol. The van der Waals surface area contributed by atoms with Crippen molar-refractivity contribution in [2.24, 2.45) is 11.8 Å². The Labute approximate surface area is 129 Å². The maximum atomic E-state index is 12.8. The Balaban J connectivity index is 2.93. The molecule has 21 heavy (non-hydrogen) atoms. The summed E-state index contributed by atoms with van der Waals surface area (Å²) in [7, 11) is 0. The molecular weight excluding hydrogens is 260 g/mol. The summed E-state index contributed by atoms with van der Waals surface area (Å²) in [6.45, 7) is 9.49. The zero-order valence-corrected chi connectivity index (χ0v) is 13.8. The van der Waals surface area contributed by atoms with Crippen molar-refractivity contribution >= 4 is 5.78 Å². The highest BCUT2D eigenvalue weighted by Crippen LogP contribution is 2.28. The molecule has 0 aromatic carbocycles. The molecule has 0 amide bonds. The number of hydrogen-bond donors (Lipinski definition) is 1.